The zero-order chi connectivity index (χ0) is 17.5. The van der Waals surface area contributed by atoms with Crippen molar-refractivity contribution in [1.29, 1.82) is 0 Å². The smallest absolute Gasteiger partial charge is 0.274 e. The Labute approximate surface area is 147 Å². The van der Waals surface area contributed by atoms with E-state index in [4.69, 9.17) is 0 Å². The van der Waals surface area contributed by atoms with E-state index in [9.17, 15) is 9.59 Å². The summed E-state index contributed by atoms with van der Waals surface area (Å²) in [5, 5.41) is 3.08. The average Bonchev–Trinajstić information content (AvgIpc) is 2.68. The molecule has 1 fully saturated rings. The summed E-state index contributed by atoms with van der Waals surface area (Å²) in [6, 6.07) is 10.1. The van der Waals surface area contributed by atoms with Crippen LogP contribution in [0.15, 0.2) is 48.9 Å². The van der Waals surface area contributed by atoms with Gasteiger partial charge in [0.2, 0.25) is 5.91 Å². The van der Waals surface area contributed by atoms with Crippen molar-refractivity contribution in [3.8, 4) is 0 Å². The van der Waals surface area contributed by atoms with Gasteiger partial charge < -0.3 is 10.2 Å². The third-order valence-corrected chi connectivity index (χ3v) is 4.41. The molecule has 2 aromatic rings. The molecule has 0 saturated carbocycles. The number of nitrogens with one attached hydrogen (secondary N) is 1. The number of carbonyl (C=O) groups excluding carboxylic acids is 2. The first kappa shape index (κ1) is 17.1. The Balaban J connectivity index is 1.41. The van der Waals surface area contributed by atoms with Crippen molar-refractivity contribution in [2.45, 2.75) is 31.7 Å². The highest BCUT2D eigenvalue weighted by Crippen LogP contribution is 2.13. The number of likely N-dealkylation sites (tertiary alicyclic amines) is 1. The summed E-state index contributed by atoms with van der Waals surface area (Å²) in [5.41, 5.74) is 1.54. The van der Waals surface area contributed by atoms with Gasteiger partial charge in [0, 0.05) is 37.9 Å². The minimum Gasteiger partial charge on any atom is -0.353 e. The van der Waals surface area contributed by atoms with Crippen LogP contribution in [0.1, 0.15) is 35.3 Å². The van der Waals surface area contributed by atoms with Crippen LogP contribution in [0.4, 0.5) is 0 Å². The van der Waals surface area contributed by atoms with Crippen LogP contribution >= 0.6 is 0 Å². The van der Waals surface area contributed by atoms with Gasteiger partial charge in [0.15, 0.2) is 0 Å². The number of nitrogens with zero attached hydrogens (tertiary/aromatic N) is 3. The first-order valence-corrected chi connectivity index (χ1v) is 8.61. The van der Waals surface area contributed by atoms with Gasteiger partial charge in [0.05, 0.1) is 6.20 Å². The highest BCUT2D eigenvalue weighted by Gasteiger charge is 2.25. The summed E-state index contributed by atoms with van der Waals surface area (Å²) in [7, 11) is 0. The lowest BCUT2D eigenvalue weighted by Gasteiger charge is -2.32. The minimum atomic E-state index is -0.0954. The van der Waals surface area contributed by atoms with Gasteiger partial charge in [-0.2, -0.15) is 0 Å². The lowest BCUT2D eigenvalue weighted by atomic mass is 10.0. The fourth-order valence-corrected chi connectivity index (χ4v) is 3.00. The van der Waals surface area contributed by atoms with Crippen LogP contribution in [0.2, 0.25) is 0 Å². The molecule has 6 heteroatoms. The van der Waals surface area contributed by atoms with Gasteiger partial charge in [0.1, 0.15) is 5.69 Å². The number of piperidine rings is 1. The van der Waals surface area contributed by atoms with E-state index in [-0.39, 0.29) is 17.9 Å². The van der Waals surface area contributed by atoms with Crippen LogP contribution in [-0.2, 0) is 11.2 Å². The number of amides is 2. The van der Waals surface area contributed by atoms with Crippen molar-refractivity contribution < 1.29 is 9.59 Å². The van der Waals surface area contributed by atoms with Gasteiger partial charge in [-0.05, 0) is 24.8 Å². The first-order chi connectivity index (χ1) is 12.2. The molecule has 1 N–H and O–H groups in total. The number of aromatic nitrogens is 2. The lowest BCUT2D eigenvalue weighted by molar-refractivity contribution is -0.122. The Morgan fingerprint density at radius 3 is 2.56 bits per heavy atom. The molecule has 130 valence electrons. The molecule has 0 unspecified atom stereocenters. The molecular formula is C19H22N4O2. The van der Waals surface area contributed by atoms with Crippen LogP contribution in [-0.4, -0.2) is 45.8 Å². The van der Waals surface area contributed by atoms with Crippen LogP contribution in [0.5, 0.6) is 0 Å². The number of rotatable bonds is 5. The minimum absolute atomic E-state index is 0.0718. The van der Waals surface area contributed by atoms with Crippen LogP contribution < -0.4 is 5.32 Å². The summed E-state index contributed by atoms with van der Waals surface area (Å²) in [6.45, 7) is 1.25. The summed E-state index contributed by atoms with van der Waals surface area (Å²) in [6.07, 6.45) is 7.33. The van der Waals surface area contributed by atoms with E-state index in [1.807, 2.05) is 30.3 Å². The SMILES string of the molecule is O=C(CCc1ccccc1)NC1CCN(C(=O)c2cnccn2)CC1. The predicted molar refractivity (Wildman–Crippen MR) is 93.9 cm³/mol. The van der Waals surface area contributed by atoms with Gasteiger partial charge in [0.25, 0.3) is 5.91 Å². The Bertz CT molecular complexity index is 698. The van der Waals surface area contributed by atoms with Crippen LogP contribution in [0.3, 0.4) is 0 Å². The molecule has 3 rings (SSSR count). The normalized spacial score (nSPS) is 15.0. The van der Waals surface area contributed by atoms with E-state index in [0.29, 0.717) is 25.2 Å². The third kappa shape index (κ3) is 4.86. The monoisotopic (exact) mass is 338 g/mol. The summed E-state index contributed by atoms with van der Waals surface area (Å²) in [5.74, 6) is -0.0236. The quantitative estimate of drug-likeness (QED) is 0.902. The first-order valence-electron chi connectivity index (χ1n) is 8.61. The molecule has 1 aliphatic heterocycles. The Morgan fingerprint density at radius 2 is 1.88 bits per heavy atom. The highest BCUT2D eigenvalue weighted by atomic mass is 16.2. The summed E-state index contributed by atoms with van der Waals surface area (Å²) < 4.78 is 0. The number of hydrogen-bond donors (Lipinski definition) is 1. The molecule has 0 radical (unpaired) electrons. The summed E-state index contributed by atoms with van der Waals surface area (Å²) >= 11 is 0. The van der Waals surface area contributed by atoms with E-state index in [0.717, 1.165) is 19.3 Å². The standard InChI is InChI=1S/C19H22N4O2/c24-18(7-6-15-4-2-1-3-5-15)22-16-8-12-23(13-9-16)19(25)17-14-20-10-11-21-17/h1-5,10-11,14,16H,6-9,12-13H2,(H,22,24). The largest absolute Gasteiger partial charge is 0.353 e. The maximum absolute atomic E-state index is 12.3. The van der Waals surface area contributed by atoms with Crippen LogP contribution in [0.25, 0.3) is 0 Å². The maximum Gasteiger partial charge on any atom is 0.274 e. The fourth-order valence-electron chi connectivity index (χ4n) is 3.00. The molecule has 0 spiro atoms. The fraction of sp³-hybridized carbons (Fsp3) is 0.368. The molecule has 0 atom stereocenters. The number of hydrogen-bond acceptors (Lipinski definition) is 4. The van der Waals surface area contributed by atoms with Gasteiger partial charge in [-0.25, -0.2) is 4.98 Å². The molecule has 0 aliphatic carbocycles. The van der Waals surface area contributed by atoms with E-state index < -0.39 is 0 Å². The maximum atomic E-state index is 12.3. The molecule has 0 bridgehead atoms. The van der Waals surface area contributed by atoms with E-state index >= 15 is 0 Å². The molecule has 25 heavy (non-hydrogen) atoms. The van der Waals surface area contributed by atoms with Crippen molar-refractivity contribution in [1.82, 2.24) is 20.2 Å². The highest BCUT2D eigenvalue weighted by molar-refractivity contribution is 5.92. The number of carbonyl (C=O) groups is 2. The van der Waals surface area contributed by atoms with Gasteiger partial charge in [-0.15, -0.1) is 0 Å². The average molecular weight is 338 g/mol. The second kappa shape index (κ2) is 8.37. The molecule has 6 nitrogen and oxygen atoms in total. The summed E-state index contributed by atoms with van der Waals surface area (Å²) in [4.78, 5) is 34.2. The van der Waals surface area contributed by atoms with E-state index in [2.05, 4.69) is 15.3 Å². The Hall–Kier alpha value is -2.76. The predicted octanol–water partition coefficient (Wildman–Crippen LogP) is 1.83. The third-order valence-electron chi connectivity index (χ3n) is 4.41. The Kier molecular flexibility index (Phi) is 5.72. The molecule has 1 aliphatic rings. The molecule has 2 heterocycles. The lowest BCUT2D eigenvalue weighted by Crippen LogP contribution is -2.46. The van der Waals surface area contributed by atoms with Gasteiger partial charge in [-0.1, -0.05) is 30.3 Å². The van der Waals surface area contributed by atoms with E-state index in [1.165, 1.54) is 18.0 Å². The molecule has 1 saturated heterocycles. The number of aryl methyl sites for hydroxylation is 1. The van der Waals surface area contributed by atoms with Crippen molar-refractivity contribution in [2.24, 2.45) is 0 Å². The second-order valence-corrected chi connectivity index (χ2v) is 6.21. The van der Waals surface area contributed by atoms with Gasteiger partial charge in [-0.3, -0.25) is 14.6 Å². The van der Waals surface area contributed by atoms with Crippen molar-refractivity contribution >= 4 is 11.8 Å². The van der Waals surface area contributed by atoms with Crippen molar-refractivity contribution in [3.63, 3.8) is 0 Å². The van der Waals surface area contributed by atoms with Crippen LogP contribution in [0, 0.1) is 0 Å². The zero-order valence-electron chi connectivity index (χ0n) is 14.1. The molecular weight excluding hydrogens is 316 g/mol. The Morgan fingerprint density at radius 1 is 1.12 bits per heavy atom. The van der Waals surface area contributed by atoms with Gasteiger partial charge >= 0.3 is 0 Å². The molecule has 1 aromatic carbocycles. The second-order valence-electron chi connectivity index (χ2n) is 6.21. The molecule has 1 aromatic heterocycles. The molecule has 2 amide bonds. The number of benzene rings is 1. The van der Waals surface area contributed by atoms with Crippen molar-refractivity contribution in [2.75, 3.05) is 13.1 Å². The topological polar surface area (TPSA) is 75.2 Å². The van der Waals surface area contributed by atoms with Crippen molar-refractivity contribution in [3.05, 3.63) is 60.2 Å². The van der Waals surface area contributed by atoms with E-state index in [1.54, 1.807) is 11.1 Å². The zero-order valence-corrected chi connectivity index (χ0v) is 14.1.